The Labute approximate surface area is 135 Å². The number of aromatic amines is 1. The van der Waals surface area contributed by atoms with E-state index in [0.29, 0.717) is 5.56 Å². The molecule has 0 spiro atoms. The number of rotatable bonds is 4. The summed E-state index contributed by atoms with van der Waals surface area (Å²) in [6.45, 7) is 2.03. The summed E-state index contributed by atoms with van der Waals surface area (Å²) in [6.07, 6.45) is 2.59. The lowest BCUT2D eigenvalue weighted by atomic mass is 10.0. The normalized spacial score (nSPS) is 12.3. The van der Waals surface area contributed by atoms with E-state index in [1.54, 1.807) is 17.0 Å². The highest BCUT2D eigenvalue weighted by atomic mass is 16.3. The minimum atomic E-state index is 0.00401. The van der Waals surface area contributed by atoms with Crippen LogP contribution < -0.4 is 0 Å². The Balaban J connectivity index is 1.78. The molecule has 1 heterocycles. The third-order valence-corrected chi connectivity index (χ3v) is 4.27. The van der Waals surface area contributed by atoms with Gasteiger partial charge in [-0.05, 0) is 43.2 Å². The molecular weight excluding hydrogens is 288 g/mol. The van der Waals surface area contributed by atoms with E-state index in [2.05, 4.69) is 4.98 Å². The molecule has 0 saturated carbocycles. The van der Waals surface area contributed by atoms with Gasteiger partial charge in [-0.2, -0.15) is 0 Å². The molecule has 2 N–H and O–H groups in total. The van der Waals surface area contributed by atoms with Crippen LogP contribution in [0.1, 0.15) is 22.8 Å². The van der Waals surface area contributed by atoms with E-state index in [9.17, 15) is 9.90 Å². The molecule has 1 aromatic heterocycles. The predicted octanol–water partition coefficient (Wildman–Crippen LogP) is 3.58. The molecule has 4 heteroatoms. The van der Waals surface area contributed by atoms with Crippen LogP contribution in [0.25, 0.3) is 10.9 Å². The quantitative estimate of drug-likeness (QED) is 0.774. The Morgan fingerprint density at radius 1 is 1.17 bits per heavy atom. The molecule has 1 amide bonds. The fourth-order valence-electron chi connectivity index (χ4n) is 2.76. The molecule has 118 valence electrons. The first-order chi connectivity index (χ1) is 11.1. The molecule has 3 aromatic rings. The molecular formula is C19H20N2O2. The molecule has 0 aliphatic rings. The third-order valence-electron chi connectivity index (χ3n) is 4.27. The van der Waals surface area contributed by atoms with E-state index in [-0.39, 0.29) is 17.7 Å². The third kappa shape index (κ3) is 3.06. The fraction of sp³-hybridized carbons (Fsp3) is 0.211. The van der Waals surface area contributed by atoms with Crippen molar-refractivity contribution >= 4 is 16.8 Å². The van der Waals surface area contributed by atoms with Gasteiger partial charge in [0.25, 0.3) is 5.91 Å². The van der Waals surface area contributed by atoms with Crippen molar-refractivity contribution in [3.05, 3.63) is 65.9 Å². The number of benzene rings is 2. The Hall–Kier alpha value is -2.75. The van der Waals surface area contributed by atoms with Crippen LogP contribution >= 0.6 is 0 Å². The first-order valence-corrected chi connectivity index (χ1v) is 7.67. The van der Waals surface area contributed by atoms with Gasteiger partial charge < -0.3 is 15.0 Å². The SMILES string of the molecule is CC(Cc1ccc(O)cc1)N(C)C(=O)c1cccc2cc[nH]c12. The van der Waals surface area contributed by atoms with E-state index in [4.69, 9.17) is 0 Å². The van der Waals surface area contributed by atoms with E-state index in [1.807, 2.05) is 56.6 Å². The Morgan fingerprint density at radius 3 is 2.65 bits per heavy atom. The number of aromatic hydroxyl groups is 1. The lowest BCUT2D eigenvalue weighted by molar-refractivity contribution is 0.0745. The van der Waals surface area contributed by atoms with Crippen molar-refractivity contribution in [1.29, 1.82) is 0 Å². The molecule has 1 atom stereocenters. The van der Waals surface area contributed by atoms with Gasteiger partial charge in [0.2, 0.25) is 0 Å². The minimum Gasteiger partial charge on any atom is -0.508 e. The van der Waals surface area contributed by atoms with Gasteiger partial charge in [-0.15, -0.1) is 0 Å². The van der Waals surface area contributed by atoms with Crippen molar-refractivity contribution in [3.8, 4) is 5.75 Å². The molecule has 2 aromatic carbocycles. The lowest BCUT2D eigenvalue weighted by Crippen LogP contribution is -2.36. The number of phenols is 1. The average Bonchev–Trinajstić information content (AvgIpc) is 3.04. The summed E-state index contributed by atoms with van der Waals surface area (Å²) in [4.78, 5) is 17.7. The van der Waals surface area contributed by atoms with Gasteiger partial charge in [0.1, 0.15) is 5.75 Å². The lowest BCUT2D eigenvalue weighted by Gasteiger charge is -2.25. The molecule has 1 unspecified atom stereocenters. The summed E-state index contributed by atoms with van der Waals surface area (Å²) >= 11 is 0. The highest BCUT2D eigenvalue weighted by Gasteiger charge is 2.20. The summed E-state index contributed by atoms with van der Waals surface area (Å²) in [7, 11) is 1.83. The second-order valence-corrected chi connectivity index (χ2v) is 5.88. The molecule has 4 nitrogen and oxygen atoms in total. The van der Waals surface area contributed by atoms with Gasteiger partial charge in [-0.3, -0.25) is 4.79 Å². The van der Waals surface area contributed by atoms with Gasteiger partial charge >= 0.3 is 0 Å². The number of phenolic OH excluding ortho intramolecular Hbond substituents is 1. The number of nitrogens with zero attached hydrogens (tertiary/aromatic N) is 1. The van der Waals surface area contributed by atoms with Crippen molar-refractivity contribution in [1.82, 2.24) is 9.88 Å². The van der Waals surface area contributed by atoms with E-state index in [1.165, 1.54) is 0 Å². The Morgan fingerprint density at radius 2 is 1.91 bits per heavy atom. The number of hydrogen-bond donors (Lipinski definition) is 2. The number of para-hydroxylation sites is 1. The molecule has 0 radical (unpaired) electrons. The standard InChI is InChI=1S/C19H20N2O2/c1-13(12-14-6-8-16(22)9-7-14)21(2)19(23)17-5-3-4-15-10-11-20-18(15)17/h3-11,13,20,22H,12H2,1-2H3. The number of likely N-dealkylation sites (N-methyl/N-ethyl adjacent to an activating group) is 1. The second-order valence-electron chi connectivity index (χ2n) is 5.88. The van der Waals surface area contributed by atoms with E-state index < -0.39 is 0 Å². The molecule has 0 aliphatic carbocycles. The van der Waals surface area contributed by atoms with E-state index >= 15 is 0 Å². The maximum atomic E-state index is 12.8. The topological polar surface area (TPSA) is 56.3 Å². The van der Waals surface area contributed by atoms with E-state index in [0.717, 1.165) is 22.9 Å². The van der Waals surface area contributed by atoms with Gasteiger partial charge in [0.15, 0.2) is 0 Å². The first-order valence-electron chi connectivity index (χ1n) is 7.67. The van der Waals surface area contributed by atoms with Gasteiger partial charge in [0.05, 0.1) is 11.1 Å². The summed E-state index contributed by atoms with van der Waals surface area (Å²) in [6, 6.07) is 14.9. The van der Waals surface area contributed by atoms with Crippen LogP contribution in [0.4, 0.5) is 0 Å². The summed E-state index contributed by atoms with van der Waals surface area (Å²) in [5.74, 6) is 0.258. The largest absolute Gasteiger partial charge is 0.508 e. The van der Waals surface area contributed by atoms with Crippen molar-refractivity contribution in [2.45, 2.75) is 19.4 Å². The maximum Gasteiger partial charge on any atom is 0.255 e. The number of H-pyrrole nitrogens is 1. The van der Waals surface area contributed by atoms with Gasteiger partial charge in [-0.25, -0.2) is 0 Å². The molecule has 0 saturated heterocycles. The number of fused-ring (bicyclic) bond motifs is 1. The number of carbonyl (C=O) groups is 1. The zero-order chi connectivity index (χ0) is 16.4. The monoisotopic (exact) mass is 308 g/mol. The summed E-state index contributed by atoms with van der Waals surface area (Å²) < 4.78 is 0. The van der Waals surface area contributed by atoms with Crippen LogP contribution in [0, 0.1) is 0 Å². The smallest absolute Gasteiger partial charge is 0.255 e. The predicted molar refractivity (Wildman–Crippen MR) is 91.7 cm³/mol. The Bertz CT molecular complexity index is 821. The Kier molecular flexibility index (Phi) is 4.06. The molecule has 0 aliphatic heterocycles. The number of aromatic nitrogens is 1. The van der Waals surface area contributed by atoms with Crippen molar-refractivity contribution in [3.63, 3.8) is 0 Å². The van der Waals surface area contributed by atoms with Gasteiger partial charge in [0, 0.05) is 24.7 Å². The number of amides is 1. The molecule has 3 rings (SSSR count). The molecule has 23 heavy (non-hydrogen) atoms. The second kappa shape index (κ2) is 6.16. The van der Waals surface area contributed by atoms with Crippen LogP contribution in [0.5, 0.6) is 5.75 Å². The van der Waals surface area contributed by atoms with Crippen LogP contribution in [0.15, 0.2) is 54.7 Å². The number of carbonyl (C=O) groups excluding carboxylic acids is 1. The minimum absolute atomic E-state index is 0.00401. The first kappa shape index (κ1) is 15.2. The zero-order valence-corrected chi connectivity index (χ0v) is 13.3. The maximum absolute atomic E-state index is 12.8. The van der Waals surface area contributed by atoms with Crippen LogP contribution in [-0.2, 0) is 6.42 Å². The number of hydrogen-bond acceptors (Lipinski definition) is 2. The summed E-state index contributed by atoms with van der Waals surface area (Å²) in [5.41, 5.74) is 2.65. The van der Waals surface area contributed by atoms with Crippen LogP contribution in [0.2, 0.25) is 0 Å². The highest BCUT2D eigenvalue weighted by molar-refractivity contribution is 6.05. The van der Waals surface area contributed by atoms with Crippen molar-refractivity contribution < 1.29 is 9.90 Å². The van der Waals surface area contributed by atoms with Crippen LogP contribution in [0.3, 0.4) is 0 Å². The van der Waals surface area contributed by atoms with Crippen molar-refractivity contribution in [2.24, 2.45) is 0 Å². The average molecular weight is 308 g/mol. The van der Waals surface area contributed by atoms with Crippen molar-refractivity contribution in [2.75, 3.05) is 7.05 Å². The highest BCUT2D eigenvalue weighted by Crippen LogP contribution is 2.20. The van der Waals surface area contributed by atoms with Gasteiger partial charge in [-0.1, -0.05) is 24.3 Å². The van der Waals surface area contributed by atoms with Crippen LogP contribution in [-0.4, -0.2) is 34.0 Å². The summed E-state index contributed by atoms with van der Waals surface area (Å²) in [5, 5.41) is 10.4. The zero-order valence-electron chi connectivity index (χ0n) is 13.3. The molecule has 0 fully saturated rings. The number of nitrogens with one attached hydrogen (secondary N) is 1. The fourth-order valence-corrected chi connectivity index (χ4v) is 2.76. The molecule has 0 bridgehead atoms.